The second kappa shape index (κ2) is 10.9. The van der Waals surface area contributed by atoms with Gasteiger partial charge in [-0.25, -0.2) is 0 Å². The van der Waals surface area contributed by atoms with Crippen LogP contribution in [0.25, 0.3) is 0 Å². The van der Waals surface area contributed by atoms with Crippen LogP contribution in [0.5, 0.6) is 5.75 Å². The number of hydrogen-bond donors (Lipinski definition) is 1. The summed E-state index contributed by atoms with van der Waals surface area (Å²) >= 11 is 0. The van der Waals surface area contributed by atoms with Gasteiger partial charge in [-0.2, -0.15) is 0 Å². The molecule has 0 aromatic heterocycles. The van der Waals surface area contributed by atoms with Crippen molar-refractivity contribution in [2.75, 3.05) is 5.32 Å². The van der Waals surface area contributed by atoms with Gasteiger partial charge in [0.1, 0.15) is 6.21 Å². The first kappa shape index (κ1) is 28.5. The van der Waals surface area contributed by atoms with Crippen molar-refractivity contribution in [2.45, 2.75) is 52.4 Å². The molecule has 0 saturated carbocycles. The van der Waals surface area contributed by atoms with Crippen LogP contribution in [0.4, 0.5) is 17.1 Å². The van der Waals surface area contributed by atoms with Crippen LogP contribution in [0.2, 0.25) is 0 Å². The van der Waals surface area contributed by atoms with Crippen LogP contribution >= 0.6 is 0 Å². The maximum atomic E-state index is 7.55. The van der Waals surface area contributed by atoms with Crippen molar-refractivity contribution in [3.05, 3.63) is 144 Å². The fourth-order valence-electron chi connectivity index (χ4n) is 6.12. The quantitative estimate of drug-likeness (QED) is 0.217. The van der Waals surface area contributed by atoms with Crippen LogP contribution < -0.4 is 20.9 Å². The Kier molecular flexibility index (Phi) is 7.26. The Morgan fingerprint density at radius 2 is 1.09 bits per heavy atom. The van der Waals surface area contributed by atoms with Gasteiger partial charge in [0, 0.05) is 23.5 Å². The summed E-state index contributed by atoms with van der Waals surface area (Å²) in [6, 6.07) is 45.0. The van der Waals surface area contributed by atoms with Gasteiger partial charge in [-0.3, -0.25) is 0 Å². The molecule has 1 aliphatic heterocycles. The van der Waals surface area contributed by atoms with Crippen LogP contribution in [0.15, 0.2) is 127 Å². The van der Waals surface area contributed by atoms with Crippen LogP contribution in [-0.4, -0.2) is 17.2 Å². The zero-order valence-electron chi connectivity index (χ0n) is 26.1. The molecule has 5 aromatic rings. The van der Waals surface area contributed by atoms with E-state index in [4.69, 9.17) is 4.65 Å². The topological polar surface area (TPSA) is 24.3 Å². The molecule has 216 valence electrons. The fourth-order valence-corrected chi connectivity index (χ4v) is 6.12. The van der Waals surface area contributed by atoms with Crippen LogP contribution in [0, 0.1) is 0 Å². The first-order valence-electron chi connectivity index (χ1n) is 15.3. The monoisotopic (exact) mass is 564 g/mol. The molecule has 0 atom stereocenters. The standard InChI is InChI=1S/C39H41BN2O/c1-38(2,3)30-26-29-28-42(35-24-22-34(23-25-35)41-33-20-14-9-15-21-33)40(31-16-10-7-11-17-31,32-18-12-8-13-19-32)43-37(29)36(27-30)39(4,5)6/h7-28,41H,1-6H3. The summed E-state index contributed by atoms with van der Waals surface area (Å²) in [6.45, 7) is 11.8. The van der Waals surface area contributed by atoms with Gasteiger partial charge in [-0.15, -0.1) is 0 Å². The van der Waals surface area contributed by atoms with E-state index in [0.29, 0.717) is 0 Å². The van der Waals surface area contributed by atoms with Gasteiger partial charge in [0.25, 0.3) is 0 Å². The van der Waals surface area contributed by atoms with Gasteiger partial charge in [0.15, 0.2) is 5.69 Å². The highest BCUT2D eigenvalue weighted by Gasteiger charge is 2.50. The molecule has 4 heteroatoms. The molecule has 0 aliphatic carbocycles. The molecular formula is C39H41BN2O. The number of benzene rings is 5. The molecule has 43 heavy (non-hydrogen) atoms. The molecule has 0 radical (unpaired) electrons. The molecule has 0 fully saturated rings. The zero-order chi connectivity index (χ0) is 30.2. The lowest BCUT2D eigenvalue weighted by Crippen LogP contribution is -2.71. The van der Waals surface area contributed by atoms with Crippen molar-refractivity contribution in [3.8, 4) is 5.75 Å². The molecule has 0 amide bonds. The van der Waals surface area contributed by atoms with Crippen LogP contribution in [0.1, 0.15) is 58.2 Å². The summed E-state index contributed by atoms with van der Waals surface area (Å²) < 4.78 is 9.92. The van der Waals surface area contributed by atoms with Crippen molar-refractivity contribution in [1.82, 2.24) is 0 Å². The SMILES string of the molecule is CC(C)(C)c1cc2c(c(C(C)(C)C)c1)O[B-](c1ccccc1)(c1ccccc1)[N+](c1ccc(Nc3ccccc3)cc1)=C2. The highest BCUT2D eigenvalue weighted by atomic mass is 16.5. The van der Waals surface area contributed by atoms with E-state index >= 15 is 0 Å². The summed E-state index contributed by atoms with van der Waals surface area (Å²) in [5.41, 5.74) is 8.94. The van der Waals surface area contributed by atoms with E-state index in [1.54, 1.807) is 0 Å². The van der Waals surface area contributed by atoms with Crippen molar-refractivity contribution >= 4 is 40.7 Å². The molecule has 1 N–H and O–H groups in total. The minimum absolute atomic E-state index is 0.00298. The highest BCUT2D eigenvalue weighted by molar-refractivity contribution is 6.92. The third-order valence-corrected chi connectivity index (χ3v) is 8.48. The van der Waals surface area contributed by atoms with E-state index < -0.39 is 6.48 Å². The highest BCUT2D eigenvalue weighted by Crippen LogP contribution is 2.41. The number of rotatable bonds is 5. The number of nitrogens with one attached hydrogen (secondary N) is 1. The molecule has 1 heterocycles. The van der Waals surface area contributed by atoms with Gasteiger partial charge in [0.2, 0.25) is 0 Å². The number of anilines is 2. The summed E-state index contributed by atoms with van der Waals surface area (Å²) in [5.74, 6) is 0.965. The number of hydrogen-bond acceptors (Lipinski definition) is 2. The van der Waals surface area contributed by atoms with E-state index in [9.17, 15) is 0 Å². The Bertz CT molecular complexity index is 1710. The normalized spacial score (nSPS) is 14.3. The van der Waals surface area contributed by atoms with Crippen molar-refractivity contribution in [3.63, 3.8) is 0 Å². The Labute approximate surface area is 256 Å². The Morgan fingerprint density at radius 1 is 0.581 bits per heavy atom. The molecule has 0 saturated heterocycles. The van der Waals surface area contributed by atoms with Gasteiger partial charge < -0.3 is 14.5 Å². The lowest BCUT2D eigenvalue weighted by atomic mass is 9.40. The molecule has 3 nitrogen and oxygen atoms in total. The van der Waals surface area contributed by atoms with Gasteiger partial charge in [-0.1, -0.05) is 137 Å². The van der Waals surface area contributed by atoms with E-state index in [2.05, 4.69) is 167 Å². The van der Waals surface area contributed by atoms with E-state index in [1.807, 2.05) is 18.2 Å². The Hall–Kier alpha value is -4.57. The van der Waals surface area contributed by atoms with Crippen molar-refractivity contribution in [2.24, 2.45) is 0 Å². The Balaban J connectivity index is 1.62. The van der Waals surface area contributed by atoms with Crippen molar-refractivity contribution in [1.29, 1.82) is 0 Å². The average molecular weight is 565 g/mol. The molecular weight excluding hydrogens is 523 g/mol. The maximum absolute atomic E-state index is 7.55. The first-order chi connectivity index (χ1) is 20.6. The second-order valence-electron chi connectivity index (χ2n) is 13.7. The van der Waals surface area contributed by atoms with Gasteiger partial charge >= 0.3 is 6.48 Å². The Morgan fingerprint density at radius 3 is 1.60 bits per heavy atom. The minimum Gasteiger partial charge on any atom is -0.650 e. The molecule has 6 rings (SSSR count). The molecule has 1 aliphatic rings. The van der Waals surface area contributed by atoms with Crippen molar-refractivity contribution < 1.29 is 9.14 Å². The number of fused-ring (bicyclic) bond motifs is 1. The van der Waals surface area contributed by atoms with E-state index in [1.165, 1.54) is 11.1 Å². The van der Waals surface area contributed by atoms with Gasteiger partial charge in [0.05, 0.1) is 11.3 Å². The van der Waals surface area contributed by atoms with Crippen LogP contribution in [-0.2, 0) is 10.8 Å². The van der Waals surface area contributed by atoms with E-state index in [-0.39, 0.29) is 10.8 Å². The zero-order valence-corrected chi connectivity index (χ0v) is 26.1. The summed E-state index contributed by atoms with van der Waals surface area (Å²) in [7, 11) is 0. The van der Waals surface area contributed by atoms with Crippen LogP contribution in [0.3, 0.4) is 0 Å². The van der Waals surface area contributed by atoms with E-state index in [0.717, 1.165) is 39.3 Å². The smallest absolute Gasteiger partial charge is 0.513 e. The maximum Gasteiger partial charge on any atom is 0.513 e. The second-order valence-corrected chi connectivity index (χ2v) is 13.7. The summed E-state index contributed by atoms with van der Waals surface area (Å²) in [5, 5.41) is 3.53. The largest absolute Gasteiger partial charge is 0.650 e. The third-order valence-electron chi connectivity index (χ3n) is 8.48. The predicted octanol–water partition coefficient (Wildman–Crippen LogP) is 8.44. The molecule has 5 aromatic carbocycles. The molecule has 0 unspecified atom stereocenters. The summed E-state index contributed by atoms with van der Waals surface area (Å²) in [4.78, 5) is 0. The minimum atomic E-state index is -1.89. The molecule has 0 spiro atoms. The fraction of sp³-hybridized carbons (Fsp3) is 0.205. The lowest BCUT2D eigenvalue weighted by molar-refractivity contribution is -0.304. The first-order valence-corrected chi connectivity index (χ1v) is 15.3. The number of nitrogens with zero attached hydrogens (tertiary/aromatic N) is 1. The summed E-state index contributed by atoms with van der Waals surface area (Å²) in [6.07, 6.45) is 2.32. The number of para-hydroxylation sites is 1. The molecule has 0 bridgehead atoms. The van der Waals surface area contributed by atoms with Gasteiger partial charge in [-0.05, 0) is 52.3 Å². The average Bonchev–Trinajstić information content (AvgIpc) is 3.00. The lowest BCUT2D eigenvalue weighted by Gasteiger charge is -2.44. The third kappa shape index (κ3) is 5.50. The predicted molar refractivity (Wildman–Crippen MR) is 184 cm³/mol.